The molecule has 0 radical (unpaired) electrons. The van der Waals surface area contributed by atoms with E-state index in [2.05, 4.69) is 5.32 Å². The van der Waals surface area contributed by atoms with Gasteiger partial charge in [-0.05, 0) is 38.0 Å². The van der Waals surface area contributed by atoms with Crippen LogP contribution in [0.3, 0.4) is 0 Å². The molecule has 0 saturated carbocycles. The standard InChI is InChI=1S/C14H20ClNO3/c1-4-9(2)16-14(18)8-19-13-6-5-11(10(3)17)7-12(13)15/h5-7,9-10,17H,4,8H2,1-3H3,(H,16,18)/t9?,10-/m0/s1. The number of halogens is 1. The Labute approximate surface area is 118 Å². The molecule has 0 heterocycles. The Bertz CT molecular complexity index is 435. The van der Waals surface area contributed by atoms with Crippen LogP contribution in [0.4, 0.5) is 0 Å². The van der Waals surface area contributed by atoms with Gasteiger partial charge >= 0.3 is 0 Å². The third kappa shape index (κ3) is 5.09. The van der Waals surface area contributed by atoms with Crippen molar-refractivity contribution in [2.24, 2.45) is 0 Å². The largest absolute Gasteiger partial charge is 0.482 e. The highest BCUT2D eigenvalue weighted by atomic mass is 35.5. The number of rotatable bonds is 6. The van der Waals surface area contributed by atoms with Crippen molar-refractivity contribution < 1.29 is 14.6 Å². The van der Waals surface area contributed by atoms with Crippen molar-refractivity contribution in [3.8, 4) is 5.75 Å². The summed E-state index contributed by atoms with van der Waals surface area (Å²) in [5, 5.41) is 12.6. The van der Waals surface area contributed by atoms with Gasteiger partial charge in [-0.3, -0.25) is 4.79 Å². The Hall–Kier alpha value is -1.26. The minimum atomic E-state index is -0.583. The molecule has 0 aliphatic rings. The van der Waals surface area contributed by atoms with E-state index in [-0.39, 0.29) is 18.6 Å². The van der Waals surface area contributed by atoms with Gasteiger partial charge in [-0.15, -0.1) is 0 Å². The second-order valence-corrected chi connectivity index (χ2v) is 4.94. The fourth-order valence-electron chi connectivity index (χ4n) is 1.46. The van der Waals surface area contributed by atoms with Crippen molar-refractivity contribution in [1.82, 2.24) is 5.32 Å². The maximum atomic E-state index is 11.6. The van der Waals surface area contributed by atoms with Crippen LogP contribution in [-0.2, 0) is 4.79 Å². The zero-order chi connectivity index (χ0) is 14.4. The van der Waals surface area contributed by atoms with Gasteiger partial charge in [-0.2, -0.15) is 0 Å². The fourth-order valence-corrected chi connectivity index (χ4v) is 1.70. The summed E-state index contributed by atoms with van der Waals surface area (Å²) in [6, 6.07) is 5.14. The highest BCUT2D eigenvalue weighted by Gasteiger charge is 2.10. The minimum absolute atomic E-state index is 0.0713. The number of hydrogen-bond acceptors (Lipinski definition) is 3. The van der Waals surface area contributed by atoms with E-state index in [1.165, 1.54) is 0 Å². The molecule has 0 fully saturated rings. The van der Waals surface area contributed by atoms with Crippen LogP contribution >= 0.6 is 11.6 Å². The normalized spacial score (nSPS) is 13.7. The first-order valence-corrected chi connectivity index (χ1v) is 6.71. The molecular weight excluding hydrogens is 266 g/mol. The second-order valence-electron chi connectivity index (χ2n) is 4.53. The number of hydrogen-bond donors (Lipinski definition) is 2. The average Bonchev–Trinajstić information content (AvgIpc) is 2.36. The van der Waals surface area contributed by atoms with Gasteiger partial charge < -0.3 is 15.2 Å². The lowest BCUT2D eigenvalue weighted by Gasteiger charge is -2.13. The zero-order valence-corrected chi connectivity index (χ0v) is 12.2. The molecule has 0 saturated heterocycles. The molecule has 0 aliphatic carbocycles. The van der Waals surface area contributed by atoms with Crippen molar-refractivity contribution in [3.63, 3.8) is 0 Å². The van der Waals surface area contributed by atoms with Crippen LogP contribution in [0.15, 0.2) is 18.2 Å². The summed E-state index contributed by atoms with van der Waals surface area (Å²) >= 11 is 6.02. The van der Waals surface area contributed by atoms with E-state index in [4.69, 9.17) is 16.3 Å². The Morgan fingerprint density at radius 1 is 1.47 bits per heavy atom. The molecule has 0 spiro atoms. The first-order chi connectivity index (χ1) is 8.93. The summed E-state index contributed by atoms with van der Waals surface area (Å²) in [5.41, 5.74) is 0.710. The molecule has 1 amide bonds. The SMILES string of the molecule is CCC(C)NC(=O)COc1ccc([C@H](C)O)cc1Cl. The smallest absolute Gasteiger partial charge is 0.258 e. The van der Waals surface area contributed by atoms with E-state index in [1.54, 1.807) is 25.1 Å². The van der Waals surface area contributed by atoms with Gasteiger partial charge in [0, 0.05) is 6.04 Å². The molecule has 19 heavy (non-hydrogen) atoms. The molecule has 106 valence electrons. The van der Waals surface area contributed by atoms with E-state index < -0.39 is 6.10 Å². The molecular formula is C14H20ClNO3. The lowest BCUT2D eigenvalue weighted by molar-refractivity contribution is -0.123. The Morgan fingerprint density at radius 2 is 2.16 bits per heavy atom. The van der Waals surface area contributed by atoms with Gasteiger partial charge in [0.25, 0.3) is 5.91 Å². The van der Waals surface area contributed by atoms with Crippen LogP contribution in [0.2, 0.25) is 5.02 Å². The monoisotopic (exact) mass is 285 g/mol. The number of amides is 1. The van der Waals surface area contributed by atoms with Crippen LogP contribution in [0.1, 0.15) is 38.9 Å². The lowest BCUT2D eigenvalue weighted by atomic mass is 10.1. The maximum absolute atomic E-state index is 11.6. The third-order valence-electron chi connectivity index (χ3n) is 2.82. The topological polar surface area (TPSA) is 58.6 Å². The number of ether oxygens (including phenoxy) is 1. The summed E-state index contributed by atoms with van der Waals surface area (Å²) in [5.74, 6) is 0.260. The van der Waals surface area contributed by atoms with Gasteiger partial charge in [-0.25, -0.2) is 0 Å². The molecule has 4 nitrogen and oxygen atoms in total. The fraction of sp³-hybridized carbons (Fsp3) is 0.500. The Kier molecular flexibility index (Phi) is 6.12. The van der Waals surface area contributed by atoms with E-state index in [1.807, 2.05) is 13.8 Å². The summed E-state index contributed by atoms with van der Waals surface area (Å²) in [6.45, 7) is 5.52. The zero-order valence-electron chi connectivity index (χ0n) is 11.4. The van der Waals surface area contributed by atoms with E-state index in [0.717, 1.165) is 6.42 Å². The highest BCUT2D eigenvalue weighted by molar-refractivity contribution is 6.32. The van der Waals surface area contributed by atoms with Crippen molar-refractivity contribution in [3.05, 3.63) is 28.8 Å². The summed E-state index contributed by atoms with van der Waals surface area (Å²) < 4.78 is 5.35. The van der Waals surface area contributed by atoms with Crippen LogP contribution in [0, 0.1) is 0 Å². The number of aliphatic hydroxyl groups excluding tert-OH is 1. The van der Waals surface area contributed by atoms with Crippen LogP contribution in [0.25, 0.3) is 0 Å². The number of aliphatic hydroxyl groups is 1. The summed E-state index contributed by atoms with van der Waals surface area (Å²) in [4.78, 5) is 11.6. The number of nitrogens with one attached hydrogen (secondary N) is 1. The second kappa shape index (κ2) is 7.36. The number of benzene rings is 1. The first kappa shape index (κ1) is 15.8. The maximum Gasteiger partial charge on any atom is 0.258 e. The molecule has 1 aromatic rings. The molecule has 1 aromatic carbocycles. The van der Waals surface area contributed by atoms with Crippen LogP contribution in [-0.4, -0.2) is 23.7 Å². The van der Waals surface area contributed by atoms with Crippen molar-refractivity contribution >= 4 is 17.5 Å². The molecule has 1 rings (SSSR count). The van der Waals surface area contributed by atoms with Gasteiger partial charge in [-0.1, -0.05) is 24.6 Å². The van der Waals surface area contributed by atoms with E-state index in [0.29, 0.717) is 16.3 Å². The lowest BCUT2D eigenvalue weighted by Crippen LogP contribution is -2.35. The molecule has 5 heteroatoms. The quantitative estimate of drug-likeness (QED) is 0.845. The molecule has 0 aromatic heterocycles. The number of carbonyl (C=O) groups excluding carboxylic acids is 1. The predicted octanol–water partition coefficient (Wildman–Crippen LogP) is 2.69. The molecule has 1 unspecified atom stereocenters. The van der Waals surface area contributed by atoms with E-state index >= 15 is 0 Å². The summed E-state index contributed by atoms with van der Waals surface area (Å²) in [7, 11) is 0. The van der Waals surface area contributed by atoms with Crippen LogP contribution in [0.5, 0.6) is 5.75 Å². The Morgan fingerprint density at radius 3 is 2.68 bits per heavy atom. The van der Waals surface area contributed by atoms with Crippen molar-refractivity contribution in [1.29, 1.82) is 0 Å². The van der Waals surface area contributed by atoms with Gasteiger partial charge in [0.05, 0.1) is 11.1 Å². The minimum Gasteiger partial charge on any atom is -0.482 e. The molecule has 2 atom stereocenters. The Balaban J connectivity index is 2.56. The molecule has 2 N–H and O–H groups in total. The first-order valence-electron chi connectivity index (χ1n) is 6.33. The van der Waals surface area contributed by atoms with Gasteiger partial charge in [0.15, 0.2) is 6.61 Å². The summed E-state index contributed by atoms with van der Waals surface area (Å²) in [6.07, 6.45) is 0.288. The van der Waals surface area contributed by atoms with E-state index in [9.17, 15) is 9.90 Å². The van der Waals surface area contributed by atoms with Gasteiger partial charge in [0.2, 0.25) is 0 Å². The number of carbonyl (C=O) groups is 1. The molecule has 0 aliphatic heterocycles. The average molecular weight is 286 g/mol. The van der Waals surface area contributed by atoms with Gasteiger partial charge in [0.1, 0.15) is 5.75 Å². The third-order valence-corrected chi connectivity index (χ3v) is 3.11. The highest BCUT2D eigenvalue weighted by Crippen LogP contribution is 2.27. The van der Waals surface area contributed by atoms with Crippen LogP contribution < -0.4 is 10.1 Å². The van der Waals surface area contributed by atoms with Crippen molar-refractivity contribution in [2.45, 2.75) is 39.3 Å². The molecule has 0 bridgehead atoms. The van der Waals surface area contributed by atoms with Crippen molar-refractivity contribution in [2.75, 3.05) is 6.61 Å². The predicted molar refractivity (Wildman–Crippen MR) is 75.5 cm³/mol.